The van der Waals surface area contributed by atoms with E-state index in [9.17, 15) is 9.59 Å². The zero-order chi connectivity index (χ0) is 20.3. The van der Waals surface area contributed by atoms with Crippen LogP contribution in [-0.2, 0) is 9.59 Å². The summed E-state index contributed by atoms with van der Waals surface area (Å²) >= 11 is 0. The van der Waals surface area contributed by atoms with E-state index >= 15 is 0 Å². The smallest absolute Gasteiger partial charge is 0.140 e. The maximum atomic E-state index is 13.3. The van der Waals surface area contributed by atoms with Gasteiger partial charge in [-0.3, -0.25) is 9.59 Å². The lowest BCUT2D eigenvalue weighted by molar-refractivity contribution is -0.145. The molecule has 0 aromatic rings. The van der Waals surface area contributed by atoms with Crippen LogP contribution in [0, 0.1) is 39.9 Å². The van der Waals surface area contributed by atoms with Gasteiger partial charge in [0, 0.05) is 24.7 Å². The van der Waals surface area contributed by atoms with E-state index in [0.717, 1.165) is 43.4 Å². The van der Waals surface area contributed by atoms with Gasteiger partial charge in [0.1, 0.15) is 11.6 Å². The molecular weight excluding hydrogens is 356 g/mol. The first-order valence-electron chi connectivity index (χ1n) is 13.0. The summed E-state index contributed by atoms with van der Waals surface area (Å²) in [5.74, 6) is 3.92. The summed E-state index contributed by atoms with van der Waals surface area (Å²) in [5.41, 5.74) is 0.550. The number of rotatable bonds is 7. The van der Waals surface area contributed by atoms with Crippen LogP contribution in [0.4, 0.5) is 0 Å². The molecule has 0 bridgehead atoms. The number of hydrogen-bond acceptors (Lipinski definition) is 2. The van der Waals surface area contributed by atoms with E-state index in [1.54, 1.807) is 0 Å². The Balaban J connectivity index is 1.26. The summed E-state index contributed by atoms with van der Waals surface area (Å²) in [6.07, 6.45) is 19.6. The molecule has 29 heavy (non-hydrogen) atoms. The number of hydrogen-bond donors (Lipinski definition) is 0. The monoisotopic (exact) mass is 398 g/mol. The Morgan fingerprint density at radius 1 is 0.931 bits per heavy atom. The first-order valence-corrected chi connectivity index (χ1v) is 13.0. The third-order valence-electron chi connectivity index (χ3n) is 11.0. The second-order valence-corrected chi connectivity index (χ2v) is 12.0. The minimum absolute atomic E-state index is 0.187. The van der Waals surface area contributed by atoms with Gasteiger partial charge in [0.15, 0.2) is 0 Å². The zero-order valence-corrected chi connectivity index (χ0v) is 18.9. The van der Waals surface area contributed by atoms with Crippen molar-refractivity contribution in [2.24, 2.45) is 39.9 Å². The molecule has 5 rings (SSSR count). The molecule has 0 saturated heterocycles. The molecule has 0 N–H and O–H groups in total. The van der Waals surface area contributed by atoms with Gasteiger partial charge >= 0.3 is 0 Å². The largest absolute Gasteiger partial charge is 0.300 e. The van der Waals surface area contributed by atoms with Crippen LogP contribution in [-0.4, -0.2) is 11.6 Å². The third-order valence-corrected chi connectivity index (χ3v) is 11.0. The second kappa shape index (κ2) is 7.20. The molecule has 0 radical (unpaired) electrons. The highest BCUT2D eigenvalue weighted by molar-refractivity contribution is 5.97. The van der Waals surface area contributed by atoms with Gasteiger partial charge in [0.25, 0.3) is 0 Å². The van der Waals surface area contributed by atoms with Gasteiger partial charge in [-0.05, 0) is 79.4 Å². The molecular formula is C27H42O2. The summed E-state index contributed by atoms with van der Waals surface area (Å²) in [4.78, 5) is 25.5. The lowest BCUT2D eigenvalue weighted by Gasteiger charge is -2.55. The molecule has 0 aromatic heterocycles. The molecule has 0 heterocycles. The molecule has 0 unspecified atom stereocenters. The Bertz CT molecular complexity index is 682. The normalized spacial score (nSPS) is 47.9. The topological polar surface area (TPSA) is 34.1 Å². The van der Waals surface area contributed by atoms with Crippen LogP contribution < -0.4 is 0 Å². The van der Waals surface area contributed by atoms with Gasteiger partial charge in [-0.2, -0.15) is 0 Å². The summed E-state index contributed by atoms with van der Waals surface area (Å²) in [5, 5.41) is 0. The summed E-state index contributed by atoms with van der Waals surface area (Å²) in [6, 6.07) is 0. The summed E-state index contributed by atoms with van der Waals surface area (Å²) in [7, 11) is 0. The maximum absolute atomic E-state index is 13.3. The lowest BCUT2D eigenvalue weighted by Crippen LogP contribution is -2.51. The fourth-order valence-corrected chi connectivity index (χ4v) is 9.42. The van der Waals surface area contributed by atoms with Crippen molar-refractivity contribution in [3.05, 3.63) is 0 Å². The predicted molar refractivity (Wildman–Crippen MR) is 116 cm³/mol. The molecule has 2 nitrogen and oxygen atoms in total. The van der Waals surface area contributed by atoms with Gasteiger partial charge in [-0.15, -0.1) is 0 Å². The molecule has 7 atom stereocenters. The number of ketones is 2. The summed E-state index contributed by atoms with van der Waals surface area (Å²) < 4.78 is 0. The standard InChI is InChI=1S/C27H42O2/c1-3-4-5-6-7-8-9-19-10-11-22-21-16-24(29)27-17-20(28)12-15-26(27,18-27)23(21)13-14-25(19,22)2/h19,21-23H,3-18H2,1-2H3/t19-,21-,22-,23-,25+,26-,27+/m0/s1. The highest BCUT2D eigenvalue weighted by Crippen LogP contribution is 2.81. The SMILES string of the molecule is CCCCCCCC[C@H]1CC[C@H]2[C@@H]3CC(=O)[C@]45CC(=O)CC[C@]4(C5)[C@H]3CC[C@]12C. The first kappa shape index (κ1) is 20.3. The number of carbonyl (C=O) groups is 2. The fourth-order valence-electron chi connectivity index (χ4n) is 9.42. The van der Waals surface area contributed by atoms with E-state index in [2.05, 4.69) is 13.8 Å². The van der Waals surface area contributed by atoms with Crippen molar-refractivity contribution in [2.45, 2.75) is 117 Å². The van der Waals surface area contributed by atoms with Crippen LogP contribution in [0.15, 0.2) is 0 Å². The van der Waals surface area contributed by atoms with Crippen molar-refractivity contribution in [3.63, 3.8) is 0 Å². The van der Waals surface area contributed by atoms with E-state index < -0.39 is 0 Å². The maximum Gasteiger partial charge on any atom is 0.140 e. The molecule has 5 aliphatic carbocycles. The van der Waals surface area contributed by atoms with E-state index in [0.29, 0.717) is 29.3 Å². The van der Waals surface area contributed by atoms with Gasteiger partial charge in [-0.25, -0.2) is 0 Å². The van der Waals surface area contributed by atoms with Gasteiger partial charge in [-0.1, -0.05) is 52.4 Å². The Hall–Kier alpha value is -0.660. The van der Waals surface area contributed by atoms with Crippen molar-refractivity contribution in [1.29, 1.82) is 0 Å². The number of fused-ring (bicyclic) bond motifs is 3. The zero-order valence-electron chi connectivity index (χ0n) is 18.9. The second-order valence-electron chi connectivity index (χ2n) is 12.0. The number of carbonyl (C=O) groups excluding carboxylic acids is 2. The van der Waals surface area contributed by atoms with Crippen molar-refractivity contribution >= 4 is 11.6 Å². The first-order chi connectivity index (χ1) is 14.0. The van der Waals surface area contributed by atoms with Gasteiger partial charge < -0.3 is 0 Å². The van der Waals surface area contributed by atoms with E-state index in [1.807, 2.05) is 0 Å². The van der Waals surface area contributed by atoms with E-state index in [4.69, 9.17) is 0 Å². The van der Waals surface area contributed by atoms with Crippen LogP contribution in [0.25, 0.3) is 0 Å². The molecule has 0 spiro atoms. The van der Waals surface area contributed by atoms with E-state index in [-0.39, 0.29) is 10.8 Å². The molecule has 5 aliphatic rings. The minimum atomic E-state index is -0.187. The highest BCUT2D eigenvalue weighted by atomic mass is 16.1. The predicted octanol–water partition coefficient (Wildman–Crippen LogP) is 6.90. The molecule has 0 aromatic carbocycles. The molecule has 5 saturated carbocycles. The van der Waals surface area contributed by atoms with Crippen molar-refractivity contribution in [1.82, 2.24) is 0 Å². The van der Waals surface area contributed by atoms with Gasteiger partial charge in [0.2, 0.25) is 0 Å². The molecule has 0 aliphatic heterocycles. The number of Topliss-reactive ketones (excluding diaryl/α,β-unsaturated/α-hetero) is 2. The number of unbranched alkanes of at least 4 members (excludes halogenated alkanes) is 5. The van der Waals surface area contributed by atoms with Gasteiger partial charge in [0.05, 0.1) is 0 Å². The molecule has 162 valence electrons. The Morgan fingerprint density at radius 3 is 2.55 bits per heavy atom. The van der Waals surface area contributed by atoms with Crippen molar-refractivity contribution in [2.75, 3.05) is 0 Å². The van der Waals surface area contributed by atoms with Crippen LogP contribution in [0.5, 0.6) is 0 Å². The lowest BCUT2D eigenvalue weighted by atomic mass is 9.49. The van der Waals surface area contributed by atoms with Crippen molar-refractivity contribution in [3.8, 4) is 0 Å². The average Bonchev–Trinajstić information content (AvgIpc) is 3.28. The Morgan fingerprint density at radius 2 is 1.72 bits per heavy atom. The van der Waals surface area contributed by atoms with E-state index in [1.165, 1.54) is 70.6 Å². The minimum Gasteiger partial charge on any atom is -0.300 e. The Labute approximate surface area is 178 Å². The summed E-state index contributed by atoms with van der Waals surface area (Å²) in [6.45, 7) is 4.90. The van der Waals surface area contributed by atoms with Crippen LogP contribution in [0.3, 0.4) is 0 Å². The highest BCUT2D eigenvalue weighted by Gasteiger charge is 2.79. The third kappa shape index (κ3) is 2.86. The quantitative estimate of drug-likeness (QED) is 0.437. The van der Waals surface area contributed by atoms with Crippen LogP contribution >= 0.6 is 0 Å². The molecule has 5 fully saturated rings. The van der Waals surface area contributed by atoms with Crippen LogP contribution in [0.2, 0.25) is 0 Å². The van der Waals surface area contributed by atoms with Crippen LogP contribution in [0.1, 0.15) is 117 Å². The van der Waals surface area contributed by atoms with Crippen molar-refractivity contribution < 1.29 is 9.59 Å². The Kier molecular flexibility index (Phi) is 5.03. The average molecular weight is 399 g/mol. The molecule has 2 heteroatoms. The fraction of sp³-hybridized carbons (Fsp3) is 0.926. The molecule has 0 amide bonds.